The van der Waals surface area contributed by atoms with E-state index in [0.717, 1.165) is 31.5 Å². The Kier molecular flexibility index (Phi) is 5.92. The van der Waals surface area contributed by atoms with E-state index in [1.165, 1.54) is 83.0 Å². The minimum absolute atomic E-state index is 0.368. The first-order chi connectivity index (χ1) is 24.7. The Balaban J connectivity index is 1.14. The van der Waals surface area contributed by atoms with Crippen molar-refractivity contribution < 1.29 is 9.13 Å². The molecule has 5 aromatic heterocycles. The third-order valence-corrected chi connectivity index (χ3v) is 11.6. The average Bonchev–Trinajstić information content (AvgIpc) is 3.67. The van der Waals surface area contributed by atoms with Gasteiger partial charge in [0.15, 0.2) is 25.0 Å². The maximum atomic E-state index is 5.70. The Morgan fingerprint density at radius 3 is 2.42 bits per heavy atom. The summed E-state index contributed by atoms with van der Waals surface area (Å²) in [6, 6.07) is 47.6. The van der Waals surface area contributed by atoms with E-state index in [1.54, 1.807) is 0 Å². The minimum Gasteiger partial charge on any atom is -0.293 e. The van der Waals surface area contributed by atoms with Crippen LogP contribution in [0.5, 0.6) is 0 Å². The van der Waals surface area contributed by atoms with Crippen molar-refractivity contribution in [3.63, 3.8) is 0 Å². The van der Waals surface area contributed by atoms with Crippen molar-refractivity contribution >= 4 is 38.2 Å². The molecule has 0 fully saturated rings. The van der Waals surface area contributed by atoms with Crippen LogP contribution in [0.15, 0.2) is 140 Å². The number of benzene rings is 4. The molecule has 2 aliphatic heterocycles. The van der Waals surface area contributed by atoms with E-state index in [-0.39, 0.29) is 0 Å². The van der Waals surface area contributed by atoms with Crippen molar-refractivity contribution in [2.24, 2.45) is 0 Å². The van der Waals surface area contributed by atoms with Gasteiger partial charge in [-0.3, -0.25) is 4.40 Å². The number of rotatable bonds is 1. The molecular weight excluding hydrogens is 609 g/mol. The van der Waals surface area contributed by atoms with Gasteiger partial charge in [0.2, 0.25) is 11.4 Å². The van der Waals surface area contributed by atoms with Gasteiger partial charge in [-0.25, -0.2) is 4.98 Å². The summed E-state index contributed by atoms with van der Waals surface area (Å²) < 4.78 is 7.51. The van der Waals surface area contributed by atoms with Crippen molar-refractivity contribution in [3.05, 3.63) is 157 Å². The topological polar surface area (TPSA) is 25.1 Å². The normalized spacial score (nSPS) is 17.0. The quantitative estimate of drug-likeness (QED) is 0.163. The largest absolute Gasteiger partial charge is 0.293 e. The van der Waals surface area contributed by atoms with E-state index in [4.69, 9.17) is 4.98 Å². The standard InChI is InChI=1S/C46H36N4/c1-29-17-21-42-33-13-6-5-12-32(33)34-19-20-40-39(41-16-7-8-24-48(41)25-23-43(34)49(42)28-29)27-38-36-15-9-14-35-37-26-31(30-10-3-2-4-11-30)18-22-44(37)50(45(35)36)46(38)47-40/h2-18,21-22,24,26-28,34,43H,19-20,23,25H2,1H3/q+2. The highest BCUT2D eigenvalue weighted by Gasteiger charge is 2.41. The fourth-order valence-electron chi connectivity index (χ4n) is 9.39. The van der Waals surface area contributed by atoms with Crippen LogP contribution < -0.4 is 9.13 Å². The van der Waals surface area contributed by atoms with Crippen LogP contribution in [0.3, 0.4) is 0 Å². The Morgan fingerprint density at radius 2 is 1.50 bits per heavy atom. The number of para-hydroxylation sites is 1. The van der Waals surface area contributed by atoms with Gasteiger partial charge in [0.05, 0.1) is 28.7 Å². The van der Waals surface area contributed by atoms with E-state index in [0.29, 0.717) is 12.0 Å². The predicted molar refractivity (Wildman–Crippen MR) is 201 cm³/mol. The van der Waals surface area contributed by atoms with Gasteiger partial charge in [0, 0.05) is 56.8 Å². The molecule has 11 rings (SSSR count). The molecule has 0 saturated heterocycles. The van der Waals surface area contributed by atoms with Crippen LogP contribution in [0, 0.1) is 6.92 Å². The van der Waals surface area contributed by atoms with Gasteiger partial charge in [-0.05, 0) is 72.9 Å². The molecule has 9 aromatic rings. The van der Waals surface area contributed by atoms with E-state index in [2.05, 4.69) is 160 Å². The van der Waals surface area contributed by atoms with Gasteiger partial charge < -0.3 is 0 Å². The zero-order chi connectivity index (χ0) is 32.9. The lowest BCUT2D eigenvalue weighted by Crippen LogP contribution is -2.50. The maximum Gasteiger partial charge on any atom is 0.214 e. The second-order valence-electron chi connectivity index (χ2n) is 14.4. The minimum atomic E-state index is 0.368. The van der Waals surface area contributed by atoms with Gasteiger partial charge in [0.25, 0.3) is 0 Å². The number of hydrogen-bond acceptors (Lipinski definition) is 1. The molecule has 50 heavy (non-hydrogen) atoms. The first kappa shape index (κ1) is 28.0. The van der Waals surface area contributed by atoms with Gasteiger partial charge in [0.1, 0.15) is 5.65 Å². The Hall–Kier alpha value is -5.87. The summed E-state index contributed by atoms with van der Waals surface area (Å²) in [6.07, 6.45) is 7.67. The summed E-state index contributed by atoms with van der Waals surface area (Å²) in [7, 11) is 0. The maximum absolute atomic E-state index is 5.70. The monoisotopic (exact) mass is 644 g/mol. The molecule has 4 aromatic carbocycles. The van der Waals surface area contributed by atoms with Crippen molar-refractivity contribution in [3.8, 4) is 33.6 Å². The zero-order valence-electron chi connectivity index (χ0n) is 28.1. The van der Waals surface area contributed by atoms with E-state index >= 15 is 0 Å². The summed E-state index contributed by atoms with van der Waals surface area (Å²) in [5.74, 6) is 0.395. The van der Waals surface area contributed by atoms with Crippen molar-refractivity contribution in [2.45, 2.75) is 44.7 Å². The number of aryl methyl sites for hydroxylation is 3. The first-order valence-electron chi connectivity index (χ1n) is 18.0. The van der Waals surface area contributed by atoms with Gasteiger partial charge >= 0.3 is 0 Å². The highest BCUT2D eigenvalue weighted by atomic mass is 15.0. The summed E-state index contributed by atoms with van der Waals surface area (Å²) in [6.45, 7) is 3.16. The van der Waals surface area contributed by atoms with Crippen molar-refractivity contribution in [1.29, 1.82) is 0 Å². The van der Waals surface area contributed by atoms with Crippen LogP contribution in [0.4, 0.5) is 0 Å². The molecule has 0 saturated carbocycles. The third-order valence-electron chi connectivity index (χ3n) is 11.6. The summed E-state index contributed by atoms with van der Waals surface area (Å²) >= 11 is 0. The second kappa shape index (κ2) is 10.6. The third kappa shape index (κ3) is 3.96. The van der Waals surface area contributed by atoms with Crippen LogP contribution >= 0.6 is 0 Å². The molecule has 0 aliphatic carbocycles. The Bertz CT molecular complexity index is 2790. The van der Waals surface area contributed by atoms with Gasteiger partial charge in [-0.2, -0.15) is 9.13 Å². The van der Waals surface area contributed by atoms with Crippen molar-refractivity contribution in [1.82, 2.24) is 9.38 Å². The smallest absolute Gasteiger partial charge is 0.214 e. The second-order valence-corrected chi connectivity index (χ2v) is 14.4. The van der Waals surface area contributed by atoms with E-state index < -0.39 is 0 Å². The molecule has 2 atom stereocenters. The van der Waals surface area contributed by atoms with E-state index in [9.17, 15) is 0 Å². The lowest BCUT2D eigenvalue weighted by Gasteiger charge is -2.31. The van der Waals surface area contributed by atoms with Crippen molar-refractivity contribution in [2.75, 3.05) is 0 Å². The molecule has 4 nitrogen and oxygen atoms in total. The predicted octanol–water partition coefficient (Wildman–Crippen LogP) is 9.79. The SMILES string of the molecule is Cc1ccc2[n+](c1)C1CC[n+]3ccccc3-c3cc4c5cccc6c7cc(-c8ccccc8)ccc7n(c4nc3CCC1c1ccccc1-2)c65. The summed E-state index contributed by atoms with van der Waals surface area (Å²) in [5.41, 5.74) is 15.2. The van der Waals surface area contributed by atoms with Gasteiger partial charge in [-0.15, -0.1) is 0 Å². The Morgan fingerprint density at radius 1 is 0.660 bits per heavy atom. The molecule has 238 valence electrons. The molecule has 0 radical (unpaired) electrons. The highest BCUT2D eigenvalue weighted by molar-refractivity contribution is 6.23. The fourth-order valence-corrected chi connectivity index (χ4v) is 9.39. The Labute approximate surface area is 290 Å². The van der Waals surface area contributed by atoms with Crippen LogP contribution in [0.1, 0.15) is 41.6 Å². The van der Waals surface area contributed by atoms with Crippen LogP contribution in [0.2, 0.25) is 0 Å². The van der Waals surface area contributed by atoms with Gasteiger partial charge in [-0.1, -0.05) is 72.8 Å². The molecule has 7 heterocycles. The molecule has 2 aliphatic rings. The fraction of sp³-hybridized carbons (Fsp3) is 0.152. The zero-order valence-corrected chi connectivity index (χ0v) is 28.1. The first-order valence-corrected chi connectivity index (χ1v) is 18.0. The van der Waals surface area contributed by atoms with Crippen LogP contribution in [-0.2, 0) is 13.0 Å². The molecular formula is C46H36N4+2. The summed E-state index contributed by atoms with van der Waals surface area (Å²) in [4.78, 5) is 5.70. The molecule has 4 heteroatoms. The number of pyridine rings is 3. The molecule has 0 bridgehead atoms. The number of aromatic nitrogens is 4. The lowest BCUT2D eigenvalue weighted by molar-refractivity contribution is -0.738. The molecule has 2 unspecified atom stereocenters. The van der Waals surface area contributed by atoms with Crippen LogP contribution in [-0.4, -0.2) is 9.38 Å². The van der Waals surface area contributed by atoms with E-state index in [1.807, 2.05) is 0 Å². The lowest BCUT2D eigenvalue weighted by atomic mass is 9.78. The number of fused-ring (bicyclic) bond motifs is 15. The molecule has 0 spiro atoms. The number of nitrogens with zero attached hydrogens (tertiary/aromatic N) is 4. The number of hydrogen-bond donors (Lipinski definition) is 0. The van der Waals surface area contributed by atoms with Crippen LogP contribution in [0.25, 0.3) is 71.9 Å². The highest BCUT2D eigenvalue weighted by Crippen LogP contribution is 2.45. The summed E-state index contributed by atoms with van der Waals surface area (Å²) in [5, 5.41) is 5.07. The molecule has 0 N–H and O–H groups in total. The molecule has 0 amide bonds. The average molecular weight is 645 g/mol.